The van der Waals surface area contributed by atoms with E-state index in [0.29, 0.717) is 18.5 Å². The zero-order chi connectivity index (χ0) is 24.1. The van der Waals surface area contributed by atoms with E-state index in [2.05, 4.69) is 56.5 Å². The third-order valence-electron chi connectivity index (χ3n) is 7.30. The second-order valence-electron chi connectivity index (χ2n) is 10.1. The van der Waals surface area contributed by atoms with Crippen molar-refractivity contribution in [2.45, 2.75) is 64.4 Å². The quantitative estimate of drug-likeness (QED) is 0.413. The Hall–Kier alpha value is -2.68. The molecule has 3 heterocycles. The molecule has 8 heteroatoms. The van der Waals surface area contributed by atoms with Crippen LogP contribution in [0.25, 0.3) is 11.0 Å². The highest BCUT2D eigenvalue weighted by Gasteiger charge is 2.51. The number of rotatable bonds is 6. The number of benzene rings is 2. The Morgan fingerprint density at radius 3 is 2.38 bits per heavy atom. The fourth-order valence-corrected chi connectivity index (χ4v) is 4.34. The number of hydrogen-bond acceptors (Lipinski definition) is 6. The van der Waals surface area contributed by atoms with Crippen molar-refractivity contribution in [3.8, 4) is 0 Å². The number of carbonyl (C=O) groups excluding carboxylic acids is 1. The summed E-state index contributed by atoms with van der Waals surface area (Å²) in [5.74, 6) is 0.588. The molecule has 5 rings (SSSR count). The minimum absolute atomic E-state index is 0.170. The maximum Gasteiger partial charge on any atom is 0.494 e. The molecule has 0 spiro atoms. The van der Waals surface area contributed by atoms with E-state index in [1.807, 2.05) is 12.1 Å². The second kappa shape index (κ2) is 8.52. The summed E-state index contributed by atoms with van der Waals surface area (Å²) in [7, 11) is 1.02. The highest BCUT2D eigenvalue weighted by atomic mass is 16.7. The normalized spacial score (nSPS) is 21.0. The zero-order valence-corrected chi connectivity index (χ0v) is 20.5. The van der Waals surface area contributed by atoms with Gasteiger partial charge in [0.05, 0.1) is 47.6 Å². The van der Waals surface area contributed by atoms with Gasteiger partial charge in [-0.1, -0.05) is 24.3 Å². The molecular weight excluding hydrogens is 431 g/mol. The van der Waals surface area contributed by atoms with Crippen molar-refractivity contribution >= 4 is 29.6 Å². The number of ether oxygens (including phenoxy) is 2. The average Bonchev–Trinajstić information content (AvgIpc) is 3.22. The van der Waals surface area contributed by atoms with Crippen LogP contribution in [0, 0.1) is 0 Å². The summed E-state index contributed by atoms with van der Waals surface area (Å²) in [5.41, 5.74) is 3.70. The molecule has 0 amide bonds. The van der Waals surface area contributed by atoms with Gasteiger partial charge in [0, 0.05) is 13.0 Å². The van der Waals surface area contributed by atoms with Crippen LogP contribution in [0.5, 0.6) is 0 Å². The number of nitrogens with zero attached hydrogens (tertiary/aromatic N) is 2. The molecule has 0 aliphatic carbocycles. The zero-order valence-electron chi connectivity index (χ0n) is 20.5. The molecule has 0 unspecified atom stereocenters. The van der Waals surface area contributed by atoms with Gasteiger partial charge >= 0.3 is 13.1 Å². The summed E-state index contributed by atoms with van der Waals surface area (Å²) in [6, 6.07) is 13.8. The summed E-state index contributed by atoms with van der Waals surface area (Å²) in [4.78, 5) is 17.0. The Morgan fingerprint density at radius 2 is 1.79 bits per heavy atom. The molecule has 0 saturated carbocycles. The summed E-state index contributed by atoms with van der Waals surface area (Å²) >= 11 is 0. The maximum atomic E-state index is 12.1. The van der Waals surface area contributed by atoms with Crippen molar-refractivity contribution in [2.75, 3.05) is 13.7 Å². The third-order valence-corrected chi connectivity index (χ3v) is 7.30. The maximum absolute atomic E-state index is 12.1. The number of hydrogen-bond donors (Lipinski definition) is 0. The van der Waals surface area contributed by atoms with Crippen molar-refractivity contribution in [2.24, 2.45) is 0 Å². The lowest BCUT2D eigenvalue weighted by molar-refractivity contribution is -0.0589. The molecule has 2 aliphatic heterocycles. The molecule has 0 bridgehead atoms. The van der Waals surface area contributed by atoms with Crippen molar-refractivity contribution in [3.05, 3.63) is 59.4 Å². The molecule has 178 valence electrons. The van der Waals surface area contributed by atoms with Crippen LogP contribution in [0.3, 0.4) is 0 Å². The molecule has 7 nitrogen and oxygen atoms in total. The Kier molecular flexibility index (Phi) is 5.78. The van der Waals surface area contributed by atoms with Gasteiger partial charge in [-0.05, 0) is 63.3 Å². The Bertz CT molecular complexity index is 1200. The van der Waals surface area contributed by atoms with Crippen LogP contribution in [0.2, 0.25) is 0 Å². The van der Waals surface area contributed by atoms with Gasteiger partial charge in [-0.3, -0.25) is 0 Å². The summed E-state index contributed by atoms with van der Waals surface area (Å²) in [5, 5.41) is 0. The van der Waals surface area contributed by atoms with Crippen LogP contribution in [-0.2, 0) is 31.7 Å². The smallest absolute Gasteiger partial charge is 0.465 e. The molecule has 3 aromatic rings. The largest absolute Gasteiger partial charge is 0.494 e. The van der Waals surface area contributed by atoms with Crippen LogP contribution in [-0.4, -0.2) is 53.7 Å². The number of carbonyl (C=O) groups is 1. The van der Waals surface area contributed by atoms with Crippen LogP contribution in [0.15, 0.2) is 42.5 Å². The Morgan fingerprint density at radius 1 is 1.12 bits per heavy atom. The molecule has 34 heavy (non-hydrogen) atoms. The fraction of sp³-hybridized carbons (Fsp3) is 0.462. The van der Waals surface area contributed by atoms with Crippen molar-refractivity contribution < 1.29 is 23.6 Å². The molecule has 1 aromatic heterocycles. The first kappa shape index (κ1) is 23.1. The highest BCUT2D eigenvalue weighted by molar-refractivity contribution is 6.62. The predicted octanol–water partition coefficient (Wildman–Crippen LogP) is 3.50. The number of fused-ring (bicyclic) bond motifs is 1. The first-order valence-electron chi connectivity index (χ1n) is 11.8. The van der Waals surface area contributed by atoms with E-state index in [-0.39, 0.29) is 30.4 Å². The van der Waals surface area contributed by atoms with Crippen molar-refractivity contribution in [3.63, 3.8) is 0 Å². The summed E-state index contributed by atoms with van der Waals surface area (Å²) < 4.78 is 25.1. The van der Waals surface area contributed by atoms with E-state index in [4.69, 9.17) is 23.8 Å². The predicted molar refractivity (Wildman–Crippen MR) is 130 cm³/mol. The lowest BCUT2D eigenvalue weighted by Gasteiger charge is -2.32. The minimum atomic E-state index is -0.379. The number of methoxy groups -OCH3 is 1. The number of esters is 1. The van der Waals surface area contributed by atoms with Gasteiger partial charge in [-0.15, -0.1) is 0 Å². The lowest BCUT2D eigenvalue weighted by atomic mass is 9.79. The van der Waals surface area contributed by atoms with Gasteiger partial charge in [0.1, 0.15) is 5.82 Å². The minimum Gasteiger partial charge on any atom is -0.465 e. The van der Waals surface area contributed by atoms with Crippen LogP contribution >= 0.6 is 0 Å². The van der Waals surface area contributed by atoms with Gasteiger partial charge in [0.15, 0.2) is 0 Å². The highest BCUT2D eigenvalue weighted by Crippen LogP contribution is 2.36. The van der Waals surface area contributed by atoms with Crippen LogP contribution in [0.4, 0.5) is 0 Å². The molecule has 0 radical (unpaired) electrons. The van der Waals surface area contributed by atoms with E-state index in [9.17, 15) is 4.79 Å². The van der Waals surface area contributed by atoms with Crippen molar-refractivity contribution in [1.29, 1.82) is 0 Å². The molecular formula is C26H31BN2O5. The monoisotopic (exact) mass is 462 g/mol. The number of aromatic nitrogens is 2. The van der Waals surface area contributed by atoms with Gasteiger partial charge in [-0.25, -0.2) is 9.78 Å². The summed E-state index contributed by atoms with van der Waals surface area (Å²) in [6.07, 6.45) is 1.86. The molecule has 2 aromatic carbocycles. The Balaban J connectivity index is 1.41. The Labute approximate surface area is 200 Å². The van der Waals surface area contributed by atoms with E-state index in [1.165, 1.54) is 7.11 Å². The first-order chi connectivity index (χ1) is 16.2. The average molecular weight is 462 g/mol. The molecule has 2 fully saturated rings. The van der Waals surface area contributed by atoms with Gasteiger partial charge in [0.25, 0.3) is 0 Å². The second-order valence-corrected chi connectivity index (χ2v) is 10.1. The van der Waals surface area contributed by atoms with Crippen LogP contribution < -0.4 is 5.46 Å². The van der Waals surface area contributed by atoms with E-state index in [1.54, 1.807) is 6.07 Å². The molecule has 2 aliphatic rings. The lowest BCUT2D eigenvalue weighted by Crippen LogP contribution is -2.41. The molecule has 2 saturated heterocycles. The van der Waals surface area contributed by atoms with Crippen LogP contribution in [0.1, 0.15) is 55.9 Å². The topological polar surface area (TPSA) is 71.8 Å². The number of imidazole rings is 1. The third kappa shape index (κ3) is 4.15. The standard InChI is InChI=1S/C26H31BN2O5/c1-25(2)26(3,4)34-27(33-25)19-9-6-17(7-10-19)14-23-28-21-11-8-18(24(30)31-5)15-22(21)29(23)16-20-12-13-32-20/h6-11,15,20H,12-14,16H2,1-5H3/t20-/m0/s1. The molecule has 0 N–H and O–H groups in total. The summed E-state index contributed by atoms with van der Waals surface area (Å²) in [6.45, 7) is 9.74. The SMILES string of the molecule is COC(=O)c1ccc2nc(Cc3ccc(B4OC(C)(C)C(C)(C)O4)cc3)n(C[C@@H]3CCO3)c2c1. The van der Waals surface area contributed by atoms with E-state index in [0.717, 1.165) is 40.9 Å². The van der Waals surface area contributed by atoms with Gasteiger partial charge < -0.3 is 23.3 Å². The van der Waals surface area contributed by atoms with E-state index >= 15 is 0 Å². The van der Waals surface area contributed by atoms with Crippen molar-refractivity contribution in [1.82, 2.24) is 9.55 Å². The van der Waals surface area contributed by atoms with E-state index < -0.39 is 0 Å². The van der Waals surface area contributed by atoms with Gasteiger partial charge in [0.2, 0.25) is 0 Å². The first-order valence-corrected chi connectivity index (χ1v) is 11.8. The van der Waals surface area contributed by atoms with Gasteiger partial charge in [-0.2, -0.15) is 0 Å². The molecule has 1 atom stereocenters. The fourth-order valence-electron chi connectivity index (χ4n) is 4.34.